The first-order valence-electron chi connectivity index (χ1n) is 4.38. The Morgan fingerprint density at radius 3 is 2.73 bits per heavy atom. The van der Waals surface area contributed by atoms with Crippen LogP contribution in [0.5, 0.6) is 5.88 Å². The van der Waals surface area contributed by atoms with Crippen molar-refractivity contribution in [3.05, 3.63) is 29.8 Å². The van der Waals surface area contributed by atoms with Crippen LogP contribution in [0.1, 0.15) is 11.7 Å². The van der Waals surface area contributed by atoms with Crippen molar-refractivity contribution >= 4 is 34.3 Å². The second-order valence-corrected chi connectivity index (χ2v) is 3.92. The Balaban J connectivity index is 2.57. The number of fused-ring (bicyclic) bond motifs is 1. The summed E-state index contributed by atoms with van der Waals surface area (Å²) in [5.41, 5.74) is 1.40. The lowest BCUT2D eigenvalue weighted by atomic mass is 10.1. The first-order valence-corrected chi connectivity index (χ1v) is 5.25. The van der Waals surface area contributed by atoms with E-state index in [-0.39, 0.29) is 11.8 Å². The van der Waals surface area contributed by atoms with Gasteiger partial charge in [-0.1, -0.05) is 6.07 Å². The quantitative estimate of drug-likeness (QED) is 0.800. The minimum atomic E-state index is -0.697. The molecule has 80 valence electrons. The fourth-order valence-corrected chi connectivity index (χ4v) is 1.86. The maximum absolute atomic E-state index is 9.53. The van der Waals surface area contributed by atoms with Crippen LogP contribution in [0.15, 0.2) is 24.3 Å². The normalized spacial score (nSPS) is 13.3. The number of hydrogen-bond acceptors (Lipinski definition) is 2. The number of hydrogen-bond donors (Lipinski definition) is 2. The summed E-state index contributed by atoms with van der Waals surface area (Å²) < 4.78 is 1.16. The van der Waals surface area contributed by atoms with Gasteiger partial charge < -0.3 is 10.2 Å². The van der Waals surface area contributed by atoms with Crippen molar-refractivity contribution in [2.75, 3.05) is 5.88 Å². The Labute approximate surface area is 96.6 Å². The van der Waals surface area contributed by atoms with Crippen LogP contribution in [-0.4, -0.2) is 20.2 Å². The van der Waals surface area contributed by atoms with Crippen molar-refractivity contribution < 1.29 is 10.2 Å². The molecule has 1 aromatic heterocycles. The highest BCUT2D eigenvalue weighted by Crippen LogP contribution is 2.28. The number of nitrogens with zero attached hydrogens (tertiary/aromatic N) is 1. The average molecular weight is 246 g/mol. The number of aliphatic hydroxyl groups is 1. The van der Waals surface area contributed by atoms with Gasteiger partial charge in [0.2, 0.25) is 5.88 Å². The number of aliphatic hydroxyl groups excluding tert-OH is 1. The zero-order valence-corrected chi connectivity index (χ0v) is 9.20. The summed E-state index contributed by atoms with van der Waals surface area (Å²) >= 11 is 11.3. The summed E-state index contributed by atoms with van der Waals surface area (Å²) in [7, 11) is 0. The van der Waals surface area contributed by atoms with Crippen molar-refractivity contribution in [3.63, 3.8) is 0 Å². The zero-order chi connectivity index (χ0) is 11.0. The Hall–Kier alpha value is -0.900. The van der Waals surface area contributed by atoms with Gasteiger partial charge in [0.25, 0.3) is 0 Å². The molecule has 3 nitrogen and oxygen atoms in total. The van der Waals surface area contributed by atoms with Gasteiger partial charge in [-0.25, -0.2) is 4.09 Å². The van der Waals surface area contributed by atoms with Gasteiger partial charge >= 0.3 is 0 Å². The predicted molar refractivity (Wildman–Crippen MR) is 60.5 cm³/mol. The topological polar surface area (TPSA) is 45.4 Å². The van der Waals surface area contributed by atoms with E-state index >= 15 is 0 Å². The molecule has 1 atom stereocenters. The largest absolute Gasteiger partial charge is 0.494 e. The molecule has 0 radical (unpaired) electrons. The summed E-state index contributed by atoms with van der Waals surface area (Å²) in [4.78, 5) is 0. The fraction of sp³-hybridized carbons (Fsp3) is 0.200. The Morgan fingerprint density at radius 1 is 1.33 bits per heavy atom. The van der Waals surface area contributed by atoms with Crippen molar-refractivity contribution in [1.29, 1.82) is 0 Å². The van der Waals surface area contributed by atoms with E-state index in [1.165, 1.54) is 6.07 Å². The van der Waals surface area contributed by atoms with Gasteiger partial charge in [-0.3, -0.25) is 0 Å². The lowest BCUT2D eigenvalue weighted by molar-refractivity contribution is 0.203. The van der Waals surface area contributed by atoms with Gasteiger partial charge in [-0.05, 0) is 17.7 Å². The van der Waals surface area contributed by atoms with E-state index in [1.54, 1.807) is 18.2 Å². The molecule has 0 bridgehead atoms. The zero-order valence-electron chi connectivity index (χ0n) is 7.69. The molecule has 0 aliphatic rings. The van der Waals surface area contributed by atoms with E-state index in [2.05, 4.69) is 0 Å². The molecule has 1 unspecified atom stereocenters. The third-order valence-corrected chi connectivity index (χ3v) is 2.93. The molecule has 0 spiro atoms. The predicted octanol–water partition coefficient (Wildman–Crippen LogP) is 2.62. The monoisotopic (exact) mass is 245 g/mol. The SMILES string of the molecule is Oc1cc2cc(C(O)CCl)ccc2n1Cl. The highest BCUT2D eigenvalue weighted by Gasteiger charge is 2.10. The van der Waals surface area contributed by atoms with Crippen LogP contribution in [0, 0.1) is 0 Å². The number of halogens is 2. The standard InChI is InChI=1S/C10H9Cl2NO2/c11-5-9(14)6-1-2-8-7(3-6)4-10(15)13(8)12/h1-4,9,14-15H,5H2. The molecule has 0 aliphatic heterocycles. The second-order valence-electron chi connectivity index (χ2n) is 3.27. The smallest absolute Gasteiger partial charge is 0.207 e. The number of aromatic nitrogens is 1. The van der Waals surface area contributed by atoms with Crippen LogP contribution in [0.25, 0.3) is 10.9 Å². The Kier molecular flexibility index (Phi) is 2.78. The summed E-state index contributed by atoms with van der Waals surface area (Å²) in [6, 6.07) is 6.74. The van der Waals surface area contributed by atoms with E-state index in [1.807, 2.05) is 0 Å². The third-order valence-electron chi connectivity index (χ3n) is 2.28. The van der Waals surface area contributed by atoms with Gasteiger partial charge in [0.1, 0.15) is 0 Å². The van der Waals surface area contributed by atoms with E-state index in [9.17, 15) is 10.2 Å². The molecular formula is C10H9Cl2NO2. The second kappa shape index (κ2) is 3.93. The lowest BCUT2D eigenvalue weighted by Crippen LogP contribution is -1.97. The third kappa shape index (κ3) is 1.78. The van der Waals surface area contributed by atoms with E-state index in [0.717, 1.165) is 9.47 Å². The van der Waals surface area contributed by atoms with Crippen LogP contribution in [0.3, 0.4) is 0 Å². The molecule has 0 aliphatic carbocycles. The van der Waals surface area contributed by atoms with Crippen LogP contribution in [0.4, 0.5) is 0 Å². The van der Waals surface area contributed by atoms with Crippen LogP contribution in [-0.2, 0) is 0 Å². The van der Waals surface area contributed by atoms with Gasteiger partial charge in [0.15, 0.2) is 0 Å². The van der Waals surface area contributed by atoms with Crippen LogP contribution in [0.2, 0.25) is 0 Å². The molecule has 5 heteroatoms. The highest BCUT2D eigenvalue weighted by molar-refractivity contribution is 6.20. The molecule has 1 aromatic carbocycles. The molecular weight excluding hydrogens is 237 g/mol. The Morgan fingerprint density at radius 2 is 2.07 bits per heavy atom. The minimum absolute atomic E-state index is 0.0239. The van der Waals surface area contributed by atoms with E-state index < -0.39 is 6.10 Å². The molecule has 2 aromatic rings. The van der Waals surface area contributed by atoms with Gasteiger partial charge in [-0.2, -0.15) is 0 Å². The van der Waals surface area contributed by atoms with Crippen molar-refractivity contribution in [2.45, 2.75) is 6.10 Å². The Bertz CT molecular complexity index is 495. The van der Waals surface area contributed by atoms with Crippen molar-refractivity contribution in [1.82, 2.24) is 4.09 Å². The summed E-state index contributed by atoms with van der Waals surface area (Å²) in [6.45, 7) is 0. The number of benzene rings is 1. The maximum Gasteiger partial charge on any atom is 0.207 e. The molecule has 1 heterocycles. The molecule has 15 heavy (non-hydrogen) atoms. The lowest BCUT2D eigenvalue weighted by Gasteiger charge is -2.06. The molecule has 2 N–H and O–H groups in total. The summed E-state index contributed by atoms with van der Waals surface area (Å²) in [5, 5.41) is 19.7. The van der Waals surface area contributed by atoms with Crippen molar-refractivity contribution in [3.8, 4) is 5.88 Å². The molecule has 0 saturated heterocycles. The number of rotatable bonds is 2. The fourth-order valence-electron chi connectivity index (χ4n) is 1.48. The summed E-state index contributed by atoms with van der Waals surface area (Å²) in [5.74, 6) is 0.114. The van der Waals surface area contributed by atoms with Crippen LogP contribution >= 0.6 is 23.4 Å². The minimum Gasteiger partial charge on any atom is -0.494 e. The van der Waals surface area contributed by atoms with Gasteiger partial charge in [0.05, 0.1) is 17.5 Å². The van der Waals surface area contributed by atoms with Gasteiger partial charge in [0, 0.05) is 23.2 Å². The molecule has 0 fully saturated rings. The van der Waals surface area contributed by atoms with E-state index in [4.69, 9.17) is 23.4 Å². The van der Waals surface area contributed by atoms with Crippen molar-refractivity contribution in [2.24, 2.45) is 0 Å². The summed E-state index contributed by atoms with van der Waals surface area (Å²) in [6.07, 6.45) is -0.697. The molecule has 2 rings (SSSR count). The van der Waals surface area contributed by atoms with Gasteiger partial charge in [-0.15, -0.1) is 11.6 Å². The first-order chi connectivity index (χ1) is 7.13. The maximum atomic E-state index is 9.53. The highest BCUT2D eigenvalue weighted by atomic mass is 35.5. The molecule has 0 saturated carbocycles. The number of aromatic hydroxyl groups is 1. The number of alkyl halides is 1. The van der Waals surface area contributed by atoms with Crippen LogP contribution < -0.4 is 0 Å². The van der Waals surface area contributed by atoms with E-state index in [0.29, 0.717) is 11.1 Å². The molecule has 0 amide bonds. The first kappa shape index (κ1) is 10.6. The average Bonchev–Trinajstić information content (AvgIpc) is 2.53.